The molecule has 0 saturated carbocycles. The van der Waals surface area contributed by atoms with Gasteiger partial charge in [0.25, 0.3) is 0 Å². The number of likely N-dealkylation sites (N-methyl/N-ethyl adjacent to an activating group) is 1. The first-order chi connectivity index (χ1) is 14.6. The van der Waals surface area contributed by atoms with E-state index in [1.54, 1.807) is 0 Å². The number of nitrogens with zero attached hydrogens (tertiary/aromatic N) is 1. The summed E-state index contributed by atoms with van der Waals surface area (Å²) >= 11 is 0. The summed E-state index contributed by atoms with van der Waals surface area (Å²) in [6.07, 6.45) is 13.7. The predicted molar refractivity (Wildman–Crippen MR) is 137 cm³/mol. The highest BCUT2D eigenvalue weighted by atomic mass is 15.0. The second kappa shape index (κ2) is 17.9. The number of hydrogen-bond donors (Lipinski definition) is 1. The van der Waals surface area contributed by atoms with Crippen LogP contribution in [0.2, 0.25) is 0 Å². The van der Waals surface area contributed by atoms with Gasteiger partial charge in [0.2, 0.25) is 0 Å². The Balaban J connectivity index is 0.00000125. The molecule has 0 saturated heterocycles. The molecule has 1 N–H and O–H groups in total. The van der Waals surface area contributed by atoms with E-state index < -0.39 is 0 Å². The highest BCUT2D eigenvalue weighted by Crippen LogP contribution is 2.20. The number of unbranched alkanes of at least 4 members (excludes halogenated alkanes) is 2. The van der Waals surface area contributed by atoms with E-state index >= 15 is 0 Å². The van der Waals surface area contributed by atoms with Crippen molar-refractivity contribution in [3.8, 4) is 0 Å². The number of fused-ring (bicyclic) bond motifs is 1. The summed E-state index contributed by atoms with van der Waals surface area (Å²) < 4.78 is 2.45. The molecule has 0 fully saturated rings. The van der Waals surface area contributed by atoms with Crippen molar-refractivity contribution in [1.82, 2.24) is 5.32 Å². The number of allylic oxidation sites excluding steroid dienone is 5. The van der Waals surface area contributed by atoms with Crippen LogP contribution in [0.4, 0.5) is 0 Å². The molecule has 30 heavy (non-hydrogen) atoms. The monoisotopic (exact) mass is 411 g/mol. The van der Waals surface area contributed by atoms with Crippen molar-refractivity contribution in [3.63, 3.8) is 0 Å². The summed E-state index contributed by atoms with van der Waals surface area (Å²) in [5, 5.41) is 2.93. The minimum atomic E-state index is 1.07. The lowest BCUT2D eigenvalue weighted by Gasteiger charge is -2.16. The lowest BCUT2D eigenvalue weighted by Crippen LogP contribution is -2.27. The Morgan fingerprint density at radius 3 is 2.43 bits per heavy atom. The molecule has 0 aromatic heterocycles. The molecule has 1 aromatic rings. The molecule has 2 nitrogen and oxygen atoms in total. The molecule has 2 rings (SSSR count). The van der Waals surface area contributed by atoms with E-state index in [1.807, 2.05) is 27.0 Å². The van der Waals surface area contributed by atoms with Crippen LogP contribution >= 0.6 is 0 Å². The van der Waals surface area contributed by atoms with Crippen molar-refractivity contribution in [3.05, 3.63) is 71.3 Å². The van der Waals surface area contributed by atoms with E-state index in [-0.39, 0.29) is 0 Å². The van der Waals surface area contributed by atoms with Gasteiger partial charge in [-0.25, -0.2) is 4.58 Å². The van der Waals surface area contributed by atoms with Crippen LogP contribution in [0.25, 0.3) is 0 Å². The molecule has 0 amide bonds. The van der Waals surface area contributed by atoms with Crippen molar-refractivity contribution in [2.45, 2.75) is 73.1 Å². The zero-order chi connectivity index (χ0) is 22.8. The van der Waals surface area contributed by atoms with E-state index in [0.29, 0.717) is 0 Å². The summed E-state index contributed by atoms with van der Waals surface area (Å²) in [7, 11) is 4.17. The Hall–Kier alpha value is -1.93. The average Bonchev–Trinajstić information content (AvgIpc) is 2.80. The maximum Gasteiger partial charge on any atom is 0.183 e. The van der Waals surface area contributed by atoms with Gasteiger partial charge >= 0.3 is 0 Å². The minimum Gasteiger partial charge on any atom is -0.320 e. The molecule has 0 unspecified atom stereocenters. The first-order valence-electron chi connectivity index (χ1n) is 11.8. The lowest BCUT2D eigenvalue weighted by molar-refractivity contribution is -0.499. The molecular weight excluding hydrogens is 364 g/mol. The average molecular weight is 412 g/mol. The number of nitrogens with one attached hydrogen (secondary N) is 1. The first kappa shape index (κ1) is 28.1. The largest absolute Gasteiger partial charge is 0.320 e. The zero-order valence-corrected chi connectivity index (χ0v) is 20.9. The van der Waals surface area contributed by atoms with Crippen LogP contribution in [0.5, 0.6) is 0 Å². The van der Waals surface area contributed by atoms with Gasteiger partial charge in [-0.1, -0.05) is 70.2 Å². The standard InChI is InChI=1S/C23H32N.C3H9N.C2H6/c1-5-12-20(19(3)6-2)13-8-7-9-16-23-22-15-11-10-14-21(22)17-18-24(23)4;1-3-4-2;1-2/h5-6,10-12,14-15H,2,7-9,13,16-18H2,1,3-4H3;4H,3H2,1-2H3;1-2H3/q+1;;/b12-5-,20-19+;;. The molecule has 0 bridgehead atoms. The Bertz CT molecular complexity index is 690. The molecule has 0 atom stereocenters. The Morgan fingerprint density at radius 1 is 1.17 bits per heavy atom. The zero-order valence-electron chi connectivity index (χ0n) is 20.9. The Labute approximate surface area is 187 Å². The molecule has 2 heteroatoms. The summed E-state index contributed by atoms with van der Waals surface area (Å²) in [4.78, 5) is 0. The van der Waals surface area contributed by atoms with Crippen molar-refractivity contribution < 1.29 is 4.58 Å². The number of hydrogen-bond acceptors (Lipinski definition) is 1. The molecule has 0 radical (unpaired) electrons. The second-order valence-corrected chi connectivity index (χ2v) is 7.46. The number of benzene rings is 1. The predicted octanol–water partition coefficient (Wildman–Crippen LogP) is 6.96. The third-order valence-corrected chi connectivity index (χ3v) is 5.40. The van der Waals surface area contributed by atoms with Crippen molar-refractivity contribution >= 4 is 5.71 Å². The van der Waals surface area contributed by atoms with E-state index in [2.05, 4.69) is 80.7 Å². The summed E-state index contributed by atoms with van der Waals surface area (Å²) in [5.41, 5.74) is 7.26. The second-order valence-electron chi connectivity index (χ2n) is 7.46. The highest BCUT2D eigenvalue weighted by molar-refractivity contribution is 5.98. The van der Waals surface area contributed by atoms with Crippen LogP contribution < -0.4 is 5.32 Å². The number of rotatable bonds is 9. The molecule has 1 aliphatic rings. The third kappa shape index (κ3) is 10.2. The van der Waals surface area contributed by atoms with Crippen LogP contribution in [-0.2, 0) is 6.42 Å². The van der Waals surface area contributed by atoms with Crippen LogP contribution in [0.15, 0.2) is 60.2 Å². The van der Waals surface area contributed by atoms with Crippen molar-refractivity contribution in [2.24, 2.45) is 0 Å². The molecule has 1 aromatic carbocycles. The summed E-state index contributed by atoms with van der Waals surface area (Å²) in [5.74, 6) is 0. The van der Waals surface area contributed by atoms with E-state index in [1.165, 1.54) is 60.1 Å². The van der Waals surface area contributed by atoms with Gasteiger partial charge < -0.3 is 5.32 Å². The third-order valence-electron chi connectivity index (χ3n) is 5.40. The van der Waals surface area contributed by atoms with Gasteiger partial charge in [0.05, 0.1) is 0 Å². The quantitative estimate of drug-likeness (QED) is 0.264. The van der Waals surface area contributed by atoms with Gasteiger partial charge in [-0.05, 0) is 69.5 Å². The molecule has 0 spiro atoms. The lowest BCUT2D eigenvalue weighted by atomic mass is 9.93. The van der Waals surface area contributed by atoms with Crippen LogP contribution in [0, 0.1) is 0 Å². The van der Waals surface area contributed by atoms with E-state index in [0.717, 1.165) is 19.5 Å². The Kier molecular flexibility index (Phi) is 16.7. The fourth-order valence-corrected chi connectivity index (χ4v) is 3.50. The fraction of sp³-hybridized carbons (Fsp3) is 0.536. The molecule has 0 aliphatic carbocycles. The summed E-state index contributed by atoms with van der Waals surface area (Å²) in [6.45, 7) is 16.4. The van der Waals surface area contributed by atoms with E-state index in [9.17, 15) is 0 Å². The van der Waals surface area contributed by atoms with Gasteiger partial charge in [0.15, 0.2) is 5.71 Å². The van der Waals surface area contributed by atoms with Gasteiger partial charge in [0.1, 0.15) is 13.6 Å². The van der Waals surface area contributed by atoms with Crippen molar-refractivity contribution in [2.75, 3.05) is 27.2 Å². The maximum atomic E-state index is 3.90. The molecular formula is C28H47N2+. The SMILES string of the molecule is C=C/C(C)=C(\C=C/C)CCCCCC1=[N+](C)CCc2ccccc21.CC.CCNC. The highest BCUT2D eigenvalue weighted by Gasteiger charge is 2.21. The van der Waals surface area contributed by atoms with Crippen LogP contribution in [0.3, 0.4) is 0 Å². The first-order valence-corrected chi connectivity index (χ1v) is 11.8. The molecule has 1 aliphatic heterocycles. The maximum absolute atomic E-state index is 3.90. The minimum absolute atomic E-state index is 1.07. The normalized spacial score (nSPS) is 13.6. The van der Waals surface area contributed by atoms with Gasteiger partial charge in [-0.3, -0.25) is 0 Å². The van der Waals surface area contributed by atoms with Crippen molar-refractivity contribution in [1.29, 1.82) is 0 Å². The smallest absolute Gasteiger partial charge is 0.183 e. The van der Waals surface area contributed by atoms with Gasteiger partial charge in [0, 0.05) is 18.4 Å². The Morgan fingerprint density at radius 2 is 1.83 bits per heavy atom. The topological polar surface area (TPSA) is 15.0 Å². The molecule has 1 heterocycles. The van der Waals surface area contributed by atoms with E-state index in [4.69, 9.17) is 0 Å². The van der Waals surface area contributed by atoms with Gasteiger partial charge in [-0.2, -0.15) is 0 Å². The van der Waals surface area contributed by atoms with Crippen LogP contribution in [0.1, 0.15) is 77.8 Å². The van der Waals surface area contributed by atoms with Crippen LogP contribution in [-0.4, -0.2) is 37.5 Å². The molecule has 168 valence electrons. The fourth-order valence-electron chi connectivity index (χ4n) is 3.50. The summed E-state index contributed by atoms with van der Waals surface area (Å²) in [6, 6.07) is 8.91. The van der Waals surface area contributed by atoms with Gasteiger partial charge in [-0.15, -0.1) is 0 Å².